The van der Waals surface area contributed by atoms with Gasteiger partial charge in [0, 0.05) is 34.8 Å². The van der Waals surface area contributed by atoms with E-state index >= 15 is 0 Å². The minimum absolute atomic E-state index is 0.0584. The molecule has 2 atom stereocenters. The Bertz CT molecular complexity index is 1240. The molecule has 198 valence electrons. The summed E-state index contributed by atoms with van der Waals surface area (Å²) in [6.45, 7) is -0.291. The lowest BCUT2D eigenvalue weighted by Crippen LogP contribution is -2.39. The molecule has 2 aromatic rings. The molecule has 0 amide bonds. The summed E-state index contributed by atoms with van der Waals surface area (Å²) >= 11 is 4.62. The Morgan fingerprint density at radius 3 is 2.81 bits per heavy atom. The number of benzene rings is 1. The summed E-state index contributed by atoms with van der Waals surface area (Å²) < 4.78 is 53.6. The number of amidine groups is 1. The zero-order valence-corrected chi connectivity index (χ0v) is 21.8. The molecule has 2 aliphatic rings. The van der Waals surface area contributed by atoms with Crippen LogP contribution in [-0.2, 0) is 19.1 Å². The standard InChI is InChI=1S/C23H22BrF3N4O5S/c1-2-35-22(34)18-15(8-31-9-16(23(26,27)11-31)36-10-17(32)33)29-20(21-28-5-6-37-21)30-19(18)13-4-3-12(25)7-14(13)24/h3-7,16,19H,2,8-11H2,1H3,(H,29,30)(H,32,33). The van der Waals surface area contributed by atoms with E-state index in [4.69, 9.17) is 14.6 Å². The molecule has 0 saturated carbocycles. The Hall–Kier alpha value is -2.81. The van der Waals surface area contributed by atoms with Gasteiger partial charge in [-0.1, -0.05) is 22.0 Å². The molecule has 14 heteroatoms. The maximum absolute atomic E-state index is 14.6. The molecule has 0 radical (unpaired) electrons. The second kappa shape index (κ2) is 11.3. The van der Waals surface area contributed by atoms with Crippen LogP contribution < -0.4 is 5.32 Å². The van der Waals surface area contributed by atoms with Crippen LogP contribution >= 0.6 is 27.3 Å². The summed E-state index contributed by atoms with van der Waals surface area (Å²) in [6.07, 6.45) is -0.0594. The zero-order chi connectivity index (χ0) is 26.7. The van der Waals surface area contributed by atoms with Gasteiger partial charge in [0.05, 0.1) is 18.7 Å². The molecule has 2 N–H and O–H groups in total. The van der Waals surface area contributed by atoms with Crippen LogP contribution in [0.15, 0.2) is 50.5 Å². The van der Waals surface area contributed by atoms with E-state index < -0.39 is 49.0 Å². The number of carboxylic acids is 1. The van der Waals surface area contributed by atoms with Crippen LogP contribution in [0.5, 0.6) is 0 Å². The molecule has 1 saturated heterocycles. The summed E-state index contributed by atoms with van der Waals surface area (Å²) in [5, 5.41) is 14.1. The van der Waals surface area contributed by atoms with Crippen LogP contribution in [0.4, 0.5) is 13.2 Å². The number of hydrogen-bond acceptors (Lipinski definition) is 9. The quantitative estimate of drug-likeness (QED) is 0.420. The van der Waals surface area contributed by atoms with E-state index in [9.17, 15) is 22.8 Å². The van der Waals surface area contributed by atoms with Gasteiger partial charge in [-0.15, -0.1) is 11.3 Å². The van der Waals surface area contributed by atoms with Crippen LogP contribution in [0, 0.1) is 5.82 Å². The molecule has 2 aliphatic heterocycles. The Morgan fingerprint density at radius 2 is 2.16 bits per heavy atom. The number of carboxylic acid groups (broad SMARTS) is 1. The normalized spacial score (nSPS) is 21.5. The molecular weight excluding hydrogens is 581 g/mol. The number of alkyl halides is 2. The minimum Gasteiger partial charge on any atom is -0.480 e. The van der Waals surface area contributed by atoms with Crippen molar-refractivity contribution >= 4 is 45.0 Å². The summed E-state index contributed by atoms with van der Waals surface area (Å²) in [7, 11) is 0. The van der Waals surface area contributed by atoms with Crippen molar-refractivity contribution in [3.63, 3.8) is 0 Å². The number of nitrogens with one attached hydrogen (secondary N) is 1. The summed E-state index contributed by atoms with van der Waals surface area (Å²) in [4.78, 5) is 34.3. The number of rotatable bonds is 9. The van der Waals surface area contributed by atoms with Gasteiger partial charge in [-0.05, 0) is 24.6 Å². The zero-order valence-electron chi connectivity index (χ0n) is 19.4. The molecule has 37 heavy (non-hydrogen) atoms. The first-order chi connectivity index (χ1) is 17.6. The van der Waals surface area contributed by atoms with Gasteiger partial charge in [0.1, 0.15) is 24.6 Å². The van der Waals surface area contributed by atoms with Gasteiger partial charge in [-0.3, -0.25) is 9.89 Å². The number of likely N-dealkylation sites (tertiary alicyclic amines) is 1. The van der Waals surface area contributed by atoms with Gasteiger partial charge in [-0.2, -0.15) is 0 Å². The number of hydrogen-bond donors (Lipinski definition) is 2. The van der Waals surface area contributed by atoms with Crippen molar-refractivity contribution in [1.29, 1.82) is 0 Å². The largest absolute Gasteiger partial charge is 0.480 e. The number of halogens is 4. The number of esters is 1. The lowest BCUT2D eigenvalue weighted by molar-refractivity contribution is -0.152. The van der Waals surface area contributed by atoms with Crippen LogP contribution in [0.1, 0.15) is 23.5 Å². The third-order valence-corrected chi connectivity index (χ3v) is 7.10. The molecule has 1 aromatic carbocycles. The highest BCUT2D eigenvalue weighted by Crippen LogP contribution is 2.38. The van der Waals surface area contributed by atoms with Crippen LogP contribution in [0.3, 0.4) is 0 Å². The smallest absolute Gasteiger partial charge is 0.338 e. The first kappa shape index (κ1) is 27.2. The molecule has 4 rings (SSSR count). The third-order valence-electron chi connectivity index (χ3n) is 5.63. The van der Waals surface area contributed by atoms with E-state index in [-0.39, 0.29) is 31.0 Å². The van der Waals surface area contributed by atoms with Gasteiger partial charge in [0.15, 0.2) is 10.8 Å². The van der Waals surface area contributed by atoms with E-state index in [1.165, 1.54) is 34.4 Å². The maximum atomic E-state index is 14.6. The molecule has 9 nitrogen and oxygen atoms in total. The van der Waals surface area contributed by atoms with Gasteiger partial charge < -0.3 is 19.9 Å². The molecular formula is C23H22BrF3N4O5S. The number of aliphatic carboxylic acids is 1. The monoisotopic (exact) mass is 602 g/mol. The SMILES string of the molecule is CCOC(=O)C1=C(CN2CC(OCC(=O)O)C(F)(F)C2)NC(c2nccs2)=NC1c1ccc(F)cc1Br. The third kappa shape index (κ3) is 6.20. The number of nitrogens with zero attached hydrogens (tertiary/aromatic N) is 3. The highest BCUT2D eigenvalue weighted by Gasteiger charge is 2.49. The van der Waals surface area contributed by atoms with Crippen molar-refractivity contribution in [2.24, 2.45) is 4.99 Å². The highest BCUT2D eigenvalue weighted by molar-refractivity contribution is 9.10. The number of carbonyl (C=O) groups is 2. The fourth-order valence-corrected chi connectivity index (χ4v) is 5.25. The van der Waals surface area contributed by atoms with Crippen molar-refractivity contribution in [3.05, 3.63) is 61.9 Å². The van der Waals surface area contributed by atoms with E-state index in [0.29, 0.717) is 20.9 Å². The number of thiazole rings is 1. The number of ether oxygens (including phenoxy) is 2. The second-order valence-electron chi connectivity index (χ2n) is 8.25. The van der Waals surface area contributed by atoms with Crippen molar-refractivity contribution in [3.8, 4) is 0 Å². The second-order valence-corrected chi connectivity index (χ2v) is 9.99. The Balaban J connectivity index is 1.74. The van der Waals surface area contributed by atoms with Crippen LogP contribution in [0.25, 0.3) is 0 Å². The number of aliphatic imine (C=N–C) groups is 1. The lowest BCUT2D eigenvalue weighted by Gasteiger charge is -2.29. The maximum Gasteiger partial charge on any atom is 0.338 e. The molecule has 0 aliphatic carbocycles. The van der Waals surface area contributed by atoms with E-state index in [2.05, 4.69) is 31.2 Å². The predicted octanol–water partition coefficient (Wildman–Crippen LogP) is 3.37. The van der Waals surface area contributed by atoms with Gasteiger partial charge in [0.25, 0.3) is 5.92 Å². The van der Waals surface area contributed by atoms with E-state index in [1.807, 2.05) is 0 Å². The molecule has 1 aromatic heterocycles. The first-order valence-corrected chi connectivity index (χ1v) is 12.8. The molecule has 0 spiro atoms. The number of aromatic nitrogens is 1. The topological polar surface area (TPSA) is 113 Å². The van der Waals surface area contributed by atoms with E-state index in [0.717, 1.165) is 0 Å². The molecule has 0 bridgehead atoms. The summed E-state index contributed by atoms with van der Waals surface area (Å²) in [6, 6.07) is 3.00. The molecule has 3 heterocycles. The fraction of sp³-hybridized carbons (Fsp3) is 0.391. The van der Waals surface area contributed by atoms with Crippen molar-refractivity contribution < 1.29 is 37.3 Å². The van der Waals surface area contributed by atoms with Crippen molar-refractivity contribution in [2.45, 2.75) is 25.0 Å². The first-order valence-electron chi connectivity index (χ1n) is 11.1. The van der Waals surface area contributed by atoms with Gasteiger partial charge in [-0.25, -0.2) is 27.7 Å². The lowest BCUT2D eigenvalue weighted by atomic mass is 9.95. The van der Waals surface area contributed by atoms with Crippen molar-refractivity contribution in [1.82, 2.24) is 15.2 Å². The fourth-order valence-electron chi connectivity index (χ4n) is 4.09. The minimum atomic E-state index is -3.31. The Labute approximate surface area is 222 Å². The summed E-state index contributed by atoms with van der Waals surface area (Å²) in [5.41, 5.74) is 0.800. The van der Waals surface area contributed by atoms with Crippen LogP contribution in [0.2, 0.25) is 0 Å². The molecule has 2 unspecified atom stereocenters. The van der Waals surface area contributed by atoms with Gasteiger partial charge in [0.2, 0.25) is 0 Å². The predicted molar refractivity (Wildman–Crippen MR) is 131 cm³/mol. The van der Waals surface area contributed by atoms with Crippen LogP contribution in [-0.4, -0.2) is 77.6 Å². The van der Waals surface area contributed by atoms with Gasteiger partial charge >= 0.3 is 11.9 Å². The molecule has 1 fully saturated rings. The Morgan fingerprint density at radius 1 is 1.38 bits per heavy atom. The average molecular weight is 603 g/mol. The summed E-state index contributed by atoms with van der Waals surface area (Å²) in [5.74, 6) is -5.56. The average Bonchev–Trinajstić information content (AvgIpc) is 3.45. The Kier molecular flexibility index (Phi) is 8.31. The number of carbonyl (C=O) groups excluding carboxylic acids is 1. The van der Waals surface area contributed by atoms with E-state index in [1.54, 1.807) is 18.5 Å². The van der Waals surface area contributed by atoms with Crippen molar-refractivity contribution in [2.75, 3.05) is 32.8 Å². The highest BCUT2D eigenvalue weighted by atomic mass is 79.9.